The minimum atomic E-state index is -0.0812. The second-order valence-electron chi connectivity index (χ2n) is 6.02. The topological polar surface area (TPSA) is 55.1 Å². The number of para-hydroxylation sites is 1. The highest BCUT2D eigenvalue weighted by Crippen LogP contribution is 2.23. The van der Waals surface area contributed by atoms with Gasteiger partial charge in [-0.1, -0.05) is 49.9 Å². The molecule has 2 aromatic carbocycles. The van der Waals surface area contributed by atoms with Gasteiger partial charge in [0.15, 0.2) is 5.16 Å². The highest BCUT2D eigenvalue weighted by molar-refractivity contribution is 7.99. The van der Waals surface area contributed by atoms with Crippen molar-refractivity contribution in [1.82, 2.24) is 9.55 Å². The van der Waals surface area contributed by atoms with Gasteiger partial charge in [-0.05, 0) is 42.2 Å². The highest BCUT2D eigenvalue weighted by atomic mass is 32.2. The van der Waals surface area contributed by atoms with Gasteiger partial charge in [0.1, 0.15) is 0 Å². The van der Waals surface area contributed by atoms with Crippen molar-refractivity contribution < 1.29 is 5.11 Å². The third kappa shape index (κ3) is 3.62. The van der Waals surface area contributed by atoms with Gasteiger partial charge in [0.2, 0.25) is 0 Å². The molecule has 1 aromatic heterocycles. The van der Waals surface area contributed by atoms with E-state index in [9.17, 15) is 4.79 Å². The summed E-state index contributed by atoms with van der Waals surface area (Å²) < 4.78 is 1.64. The van der Waals surface area contributed by atoms with Gasteiger partial charge in [-0.2, -0.15) is 0 Å². The van der Waals surface area contributed by atoms with Gasteiger partial charge in [0.25, 0.3) is 5.56 Å². The molecule has 0 fully saturated rings. The van der Waals surface area contributed by atoms with E-state index in [2.05, 4.69) is 31.0 Å². The molecule has 0 saturated carbocycles. The predicted molar refractivity (Wildman–Crippen MR) is 104 cm³/mol. The van der Waals surface area contributed by atoms with E-state index in [1.54, 1.807) is 10.6 Å². The number of hydrogen-bond donors (Lipinski definition) is 1. The van der Waals surface area contributed by atoms with Crippen LogP contribution >= 0.6 is 11.8 Å². The van der Waals surface area contributed by atoms with Crippen LogP contribution in [0, 0.1) is 0 Å². The first-order chi connectivity index (χ1) is 12.2. The molecule has 0 saturated heterocycles. The van der Waals surface area contributed by atoms with Crippen LogP contribution in [0.25, 0.3) is 16.6 Å². The Kier molecular flexibility index (Phi) is 5.56. The fourth-order valence-electron chi connectivity index (χ4n) is 2.76. The van der Waals surface area contributed by atoms with Gasteiger partial charge in [0.05, 0.1) is 23.2 Å². The molecule has 3 rings (SSSR count). The van der Waals surface area contributed by atoms with E-state index in [-0.39, 0.29) is 12.2 Å². The molecule has 1 heterocycles. The zero-order chi connectivity index (χ0) is 17.8. The fourth-order valence-corrected chi connectivity index (χ4v) is 3.52. The average molecular weight is 354 g/mol. The fraction of sp³-hybridized carbons (Fsp3) is 0.300. The summed E-state index contributed by atoms with van der Waals surface area (Å²) >= 11 is 1.39. The standard InChI is InChI=1S/C20H22N2O2S/c1-3-14(2)15-8-10-16(11-9-15)22-19(24)17-6-4-5-7-18(17)21-20(22)25-13-12-23/h4-11,14,23H,3,12-13H2,1-2H3/t14-/m1/s1. The lowest BCUT2D eigenvalue weighted by Crippen LogP contribution is -2.22. The monoisotopic (exact) mass is 354 g/mol. The number of benzene rings is 2. The van der Waals surface area contributed by atoms with Crippen LogP contribution in [0.1, 0.15) is 31.7 Å². The molecule has 0 amide bonds. The molecule has 1 N–H and O–H groups in total. The number of aliphatic hydroxyl groups excluding tert-OH is 1. The summed E-state index contributed by atoms with van der Waals surface area (Å²) in [6.07, 6.45) is 1.08. The Balaban J connectivity index is 2.15. The minimum absolute atomic E-state index is 0.0420. The zero-order valence-electron chi connectivity index (χ0n) is 14.5. The van der Waals surface area contributed by atoms with Gasteiger partial charge in [-0.3, -0.25) is 9.36 Å². The van der Waals surface area contributed by atoms with E-state index in [0.29, 0.717) is 27.7 Å². The van der Waals surface area contributed by atoms with Crippen LogP contribution in [0.4, 0.5) is 0 Å². The summed E-state index contributed by atoms with van der Waals surface area (Å²) in [7, 11) is 0. The minimum Gasteiger partial charge on any atom is -0.396 e. The smallest absolute Gasteiger partial charge is 0.266 e. The largest absolute Gasteiger partial charge is 0.396 e. The number of thioether (sulfide) groups is 1. The molecular formula is C20H22N2O2S. The van der Waals surface area contributed by atoms with Crippen LogP contribution in [0.5, 0.6) is 0 Å². The summed E-state index contributed by atoms with van der Waals surface area (Å²) in [6, 6.07) is 15.5. The number of fused-ring (bicyclic) bond motifs is 1. The molecule has 0 aliphatic carbocycles. The van der Waals surface area contributed by atoms with Crippen molar-refractivity contribution in [3.05, 3.63) is 64.4 Å². The summed E-state index contributed by atoms with van der Waals surface area (Å²) in [5.74, 6) is 0.985. The molecule has 3 aromatic rings. The van der Waals surface area contributed by atoms with E-state index in [1.807, 2.05) is 30.3 Å². The molecule has 0 bridgehead atoms. The first-order valence-corrected chi connectivity index (χ1v) is 9.50. The Morgan fingerprint density at radius 1 is 1.16 bits per heavy atom. The maximum Gasteiger partial charge on any atom is 0.266 e. The first kappa shape index (κ1) is 17.7. The zero-order valence-corrected chi connectivity index (χ0v) is 15.3. The maximum atomic E-state index is 13.0. The number of nitrogens with zero attached hydrogens (tertiary/aromatic N) is 2. The second kappa shape index (κ2) is 7.85. The van der Waals surface area contributed by atoms with Gasteiger partial charge in [-0.15, -0.1) is 0 Å². The molecule has 4 nitrogen and oxygen atoms in total. The first-order valence-electron chi connectivity index (χ1n) is 8.51. The van der Waals surface area contributed by atoms with Crippen LogP contribution in [0.2, 0.25) is 0 Å². The second-order valence-corrected chi connectivity index (χ2v) is 7.09. The van der Waals surface area contributed by atoms with Crippen LogP contribution in [-0.2, 0) is 0 Å². The van der Waals surface area contributed by atoms with Gasteiger partial charge in [-0.25, -0.2) is 4.98 Å². The third-order valence-corrected chi connectivity index (χ3v) is 5.32. The van der Waals surface area contributed by atoms with E-state index in [4.69, 9.17) is 5.11 Å². The Hall–Kier alpha value is -2.11. The van der Waals surface area contributed by atoms with Crippen molar-refractivity contribution in [3.8, 4) is 5.69 Å². The Morgan fingerprint density at radius 2 is 1.88 bits per heavy atom. The lowest BCUT2D eigenvalue weighted by molar-refractivity contribution is 0.322. The van der Waals surface area contributed by atoms with Crippen LogP contribution < -0.4 is 5.56 Å². The lowest BCUT2D eigenvalue weighted by Gasteiger charge is -2.14. The summed E-state index contributed by atoms with van der Waals surface area (Å²) in [5, 5.41) is 10.4. The van der Waals surface area contributed by atoms with Gasteiger partial charge < -0.3 is 5.11 Å². The summed E-state index contributed by atoms with van der Waals surface area (Å²) in [4.78, 5) is 17.7. The number of aromatic nitrogens is 2. The highest BCUT2D eigenvalue weighted by Gasteiger charge is 2.13. The summed E-state index contributed by atoms with van der Waals surface area (Å²) in [6.45, 7) is 4.40. The quantitative estimate of drug-likeness (QED) is 0.537. The van der Waals surface area contributed by atoms with Crippen molar-refractivity contribution in [2.75, 3.05) is 12.4 Å². The SMILES string of the molecule is CC[C@@H](C)c1ccc(-n2c(SCCO)nc3ccccc3c2=O)cc1. The molecule has 130 valence electrons. The molecule has 0 aliphatic rings. The number of hydrogen-bond acceptors (Lipinski definition) is 4. The maximum absolute atomic E-state index is 13.0. The third-order valence-electron chi connectivity index (χ3n) is 4.40. The van der Waals surface area contributed by atoms with Crippen LogP contribution in [0.15, 0.2) is 58.5 Å². The molecule has 0 aliphatic heterocycles. The Morgan fingerprint density at radius 3 is 2.56 bits per heavy atom. The normalized spacial score (nSPS) is 12.4. The molecule has 25 heavy (non-hydrogen) atoms. The van der Waals surface area contributed by atoms with Crippen molar-refractivity contribution in [2.45, 2.75) is 31.3 Å². The summed E-state index contributed by atoms with van der Waals surface area (Å²) in [5.41, 5.74) is 2.66. The van der Waals surface area contributed by atoms with E-state index >= 15 is 0 Å². The molecule has 5 heteroatoms. The van der Waals surface area contributed by atoms with Crippen molar-refractivity contribution >= 4 is 22.7 Å². The molecular weight excluding hydrogens is 332 g/mol. The van der Waals surface area contributed by atoms with Crippen molar-refractivity contribution in [3.63, 3.8) is 0 Å². The molecule has 0 spiro atoms. The molecule has 0 unspecified atom stereocenters. The molecule has 0 radical (unpaired) electrons. The van der Waals surface area contributed by atoms with Crippen molar-refractivity contribution in [2.24, 2.45) is 0 Å². The lowest BCUT2D eigenvalue weighted by atomic mass is 9.98. The van der Waals surface area contributed by atoms with Crippen molar-refractivity contribution in [1.29, 1.82) is 0 Å². The van der Waals surface area contributed by atoms with E-state index < -0.39 is 0 Å². The van der Waals surface area contributed by atoms with Crippen LogP contribution in [-0.4, -0.2) is 27.0 Å². The predicted octanol–water partition coefficient (Wildman–Crippen LogP) is 3.98. The number of aliphatic hydroxyl groups is 1. The Bertz CT molecular complexity index is 919. The van der Waals surface area contributed by atoms with Crippen LogP contribution in [0.3, 0.4) is 0 Å². The molecule has 1 atom stereocenters. The number of rotatable bonds is 6. The van der Waals surface area contributed by atoms with Gasteiger partial charge in [0, 0.05) is 5.75 Å². The Labute approximate surface area is 151 Å². The van der Waals surface area contributed by atoms with E-state index in [1.165, 1.54) is 17.3 Å². The average Bonchev–Trinajstić information content (AvgIpc) is 2.66. The van der Waals surface area contributed by atoms with Gasteiger partial charge >= 0.3 is 0 Å². The van der Waals surface area contributed by atoms with E-state index in [0.717, 1.165) is 12.1 Å².